The van der Waals surface area contributed by atoms with Gasteiger partial charge >= 0.3 is 0 Å². The van der Waals surface area contributed by atoms with Crippen molar-refractivity contribution in [2.24, 2.45) is 0 Å². The van der Waals surface area contributed by atoms with Gasteiger partial charge in [-0.1, -0.05) is 13.3 Å². The molecule has 2 heterocycles. The number of aryl methyl sites for hydroxylation is 3. The Morgan fingerprint density at radius 1 is 1.26 bits per heavy atom. The van der Waals surface area contributed by atoms with Gasteiger partial charge in [-0.2, -0.15) is 0 Å². The van der Waals surface area contributed by atoms with Gasteiger partial charge in [0.2, 0.25) is 5.91 Å². The number of hydrogen-bond acceptors (Lipinski definition) is 5. The van der Waals surface area contributed by atoms with E-state index in [1.54, 1.807) is 11.3 Å². The first-order chi connectivity index (χ1) is 13.2. The van der Waals surface area contributed by atoms with Crippen LogP contribution in [0.5, 0.6) is 0 Å². The molecule has 2 aromatic rings. The van der Waals surface area contributed by atoms with Crippen LogP contribution in [0.1, 0.15) is 61.7 Å². The van der Waals surface area contributed by atoms with E-state index >= 15 is 0 Å². The van der Waals surface area contributed by atoms with E-state index in [9.17, 15) is 9.59 Å². The minimum absolute atomic E-state index is 0.0169. The van der Waals surface area contributed by atoms with Crippen molar-refractivity contribution in [2.75, 3.05) is 19.8 Å². The molecule has 6 nitrogen and oxygen atoms in total. The van der Waals surface area contributed by atoms with Crippen LogP contribution >= 0.6 is 11.3 Å². The third kappa shape index (κ3) is 5.39. The van der Waals surface area contributed by atoms with E-state index in [2.05, 4.69) is 22.2 Å². The second-order valence-electron chi connectivity index (χ2n) is 7.07. The number of hydrogen-bond donors (Lipinski definition) is 2. The fourth-order valence-corrected chi connectivity index (χ4v) is 4.68. The maximum atomic E-state index is 12.5. The predicted molar refractivity (Wildman–Crippen MR) is 109 cm³/mol. The van der Waals surface area contributed by atoms with Crippen molar-refractivity contribution in [3.8, 4) is 0 Å². The van der Waals surface area contributed by atoms with Crippen molar-refractivity contribution in [1.82, 2.24) is 15.3 Å². The maximum absolute atomic E-state index is 12.5. The van der Waals surface area contributed by atoms with Crippen molar-refractivity contribution < 1.29 is 9.53 Å². The third-order valence-electron chi connectivity index (χ3n) is 4.89. The highest BCUT2D eigenvalue weighted by atomic mass is 32.1. The Bertz CT molecular complexity index is 828. The number of H-pyrrole nitrogens is 1. The number of amides is 1. The molecule has 0 aliphatic heterocycles. The zero-order chi connectivity index (χ0) is 19.1. The van der Waals surface area contributed by atoms with Crippen LogP contribution in [0.15, 0.2) is 4.79 Å². The van der Waals surface area contributed by atoms with Crippen LogP contribution in [0, 0.1) is 0 Å². The molecular formula is C20H29N3O3S. The first kappa shape index (κ1) is 20.0. The zero-order valence-electron chi connectivity index (χ0n) is 16.1. The van der Waals surface area contributed by atoms with Crippen LogP contribution in [-0.2, 0) is 28.8 Å². The van der Waals surface area contributed by atoms with Gasteiger partial charge in [0, 0.05) is 37.5 Å². The average Bonchev–Trinajstić information content (AvgIpc) is 3.04. The Morgan fingerprint density at radius 3 is 2.93 bits per heavy atom. The SMILES string of the molecule is CCCCOCCCNC(=O)CCc1nc2sc3c(c2c(=O)[nH]1)CCCC3. The fourth-order valence-electron chi connectivity index (χ4n) is 3.40. The normalized spacial score (nSPS) is 13.7. The molecule has 27 heavy (non-hydrogen) atoms. The van der Waals surface area contributed by atoms with Gasteiger partial charge in [0.05, 0.1) is 5.39 Å². The largest absolute Gasteiger partial charge is 0.381 e. The van der Waals surface area contributed by atoms with E-state index in [0.717, 1.165) is 55.3 Å². The summed E-state index contributed by atoms with van der Waals surface area (Å²) in [6.45, 7) is 4.22. The summed E-state index contributed by atoms with van der Waals surface area (Å²) in [6.07, 6.45) is 8.17. The summed E-state index contributed by atoms with van der Waals surface area (Å²) in [5, 5.41) is 3.67. The lowest BCUT2D eigenvalue weighted by atomic mass is 9.97. The number of rotatable bonds is 10. The number of aromatic amines is 1. The Labute approximate surface area is 163 Å². The van der Waals surface area contributed by atoms with Gasteiger partial charge in [0.25, 0.3) is 5.56 Å². The molecule has 148 valence electrons. The molecule has 0 radical (unpaired) electrons. The van der Waals surface area contributed by atoms with Crippen molar-refractivity contribution in [3.05, 3.63) is 26.6 Å². The van der Waals surface area contributed by atoms with Crippen LogP contribution in [0.2, 0.25) is 0 Å². The summed E-state index contributed by atoms with van der Waals surface area (Å²) in [5.74, 6) is 0.584. The number of nitrogens with one attached hydrogen (secondary N) is 2. The van der Waals surface area contributed by atoms with Gasteiger partial charge in [-0.05, 0) is 44.1 Å². The molecule has 2 aromatic heterocycles. The monoisotopic (exact) mass is 391 g/mol. The minimum Gasteiger partial charge on any atom is -0.381 e. The average molecular weight is 392 g/mol. The molecule has 0 bridgehead atoms. The van der Waals surface area contributed by atoms with Crippen molar-refractivity contribution in [1.29, 1.82) is 0 Å². The number of unbranched alkanes of at least 4 members (excludes halogenated alkanes) is 1. The summed E-state index contributed by atoms with van der Waals surface area (Å²) in [4.78, 5) is 34.1. The van der Waals surface area contributed by atoms with Gasteiger partial charge in [-0.3, -0.25) is 9.59 Å². The Morgan fingerprint density at radius 2 is 2.07 bits per heavy atom. The maximum Gasteiger partial charge on any atom is 0.259 e. The van der Waals surface area contributed by atoms with Crippen LogP contribution in [0.4, 0.5) is 0 Å². The van der Waals surface area contributed by atoms with E-state index in [1.165, 1.54) is 16.9 Å². The molecule has 0 atom stereocenters. The minimum atomic E-state index is -0.0564. The summed E-state index contributed by atoms with van der Waals surface area (Å²) >= 11 is 1.64. The first-order valence-corrected chi connectivity index (χ1v) is 10.9. The summed E-state index contributed by atoms with van der Waals surface area (Å²) in [6, 6.07) is 0. The lowest BCUT2D eigenvalue weighted by Gasteiger charge is -2.09. The lowest BCUT2D eigenvalue weighted by Crippen LogP contribution is -2.26. The van der Waals surface area contributed by atoms with Gasteiger partial charge in [-0.15, -0.1) is 11.3 Å². The van der Waals surface area contributed by atoms with Gasteiger partial charge in [0.15, 0.2) is 0 Å². The third-order valence-corrected chi connectivity index (χ3v) is 6.08. The molecule has 3 rings (SSSR count). The van der Waals surface area contributed by atoms with Crippen LogP contribution in [0.25, 0.3) is 10.2 Å². The van der Waals surface area contributed by atoms with E-state index in [1.807, 2.05) is 0 Å². The van der Waals surface area contributed by atoms with Gasteiger partial charge in [-0.25, -0.2) is 4.98 Å². The predicted octanol–water partition coefficient (Wildman–Crippen LogP) is 3.12. The number of aromatic nitrogens is 2. The standard InChI is InChI=1S/C20H29N3O3S/c1-2-3-12-26-13-6-11-21-17(24)10-9-16-22-19(25)18-14-7-4-5-8-15(14)27-20(18)23-16/h2-13H2,1H3,(H,21,24)(H,22,23,25). The number of nitrogens with zero attached hydrogens (tertiary/aromatic N) is 1. The molecule has 0 unspecified atom stereocenters. The zero-order valence-corrected chi connectivity index (χ0v) is 16.9. The molecule has 0 spiro atoms. The number of carbonyl (C=O) groups is 1. The number of carbonyl (C=O) groups excluding carboxylic acids is 1. The molecule has 0 saturated heterocycles. The second-order valence-corrected chi connectivity index (χ2v) is 8.16. The highest BCUT2D eigenvalue weighted by Crippen LogP contribution is 2.33. The van der Waals surface area contributed by atoms with Gasteiger partial charge < -0.3 is 15.0 Å². The summed E-state index contributed by atoms with van der Waals surface area (Å²) in [7, 11) is 0. The smallest absolute Gasteiger partial charge is 0.259 e. The summed E-state index contributed by atoms with van der Waals surface area (Å²) < 4.78 is 5.47. The van der Waals surface area contributed by atoms with Crippen LogP contribution < -0.4 is 10.9 Å². The number of fused-ring (bicyclic) bond motifs is 3. The Balaban J connectivity index is 1.47. The molecule has 7 heteroatoms. The molecule has 1 aliphatic carbocycles. The topological polar surface area (TPSA) is 84.1 Å². The lowest BCUT2D eigenvalue weighted by molar-refractivity contribution is -0.121. The van der Waals surface area contributed by atoms with E-state index in [-0.39, 0.29) is 11.5 Å². The Hall–Kier alpha value is -1.73. The Kier molecular flexibility index (Phi) is 7.41. The first-order valence-electron chi connectivity index (χ1n) is 10.1. The number of ether oxygens (including phenoxy) is 1. The van der Waals surface area contributed by atoms with Gasteiger partial charge in [0.1, 0.15) is 10.7 Å². The van der Waals surface area contributed by atoms with Crippen LogP contribution in [0.3, 0.4) is 0 Å². The molecule has 0 saturated carbocycles. The molecule has 1 aliphatic rings. The number of thiophene rings is 1. The highest BCUT2D eigenvalue weighted by Gasteiger charge is 2.19. The molecule has 1 amide bonds. The van der Waals surface area contributed by atoms with E-state index in [4.69, 9.17) is 4.74 Å². The van der Waals surface area contributed by atoms with Crippen LogP contribution in [-0.4, -0.2) is 35.6 Å². The summed E-state index contributed by atoms with van der Waals surface area (Å²) in [5.41, 5.74) is 1.14. The second kappa shape index (κ2) is 9.99. The molecule has 2 N–H and O–H groups in total. The van der Waals surface area contributed by atoms with E-state index < -0.39 is 0 Å². The quantitative estimate of drug-likeness (QED) is 0.610. The molecule has 0 aromatic carbocycles. The van der Waals surface area contributed by atoms with Crippen molar-refractivity contribution >= 4 is 27.5 Å². The van der Waals surface area contributed by atoms with Crippen molar-refractivity contribution in [2.45, 2.75) is 64.7 Å². The van der Waals surface area contributed by atoms with E-state index in [0.29, 0.717) is 31.8 Å². The molecular weight excluding hydrogens is 362 g/mol. The van der Waals surface area contributed by atoms with Crippen molar-refractivity contribution in [3.63, 3.8) is 0 Å². The fraction of sp³-hybridized carbons (Fsp3) is 0.650. The highest BCUT2D eigenvalue weighted by molar-refractivity contribution is 7.18. The molecule has 0 fully saturated rings.